The van der Waals surface area contributed by atoms with Gasteiger partial charge in [0, 0.05) is 35.8 Å². The summed E-state index contributed by atoms with van der Waals surface area (Å²) >= 11 is 0. The van der Waals surface area contributed by atoms with Crippen molar-refractivity contribution in [1.29, 1.82) is 0 Å². The number of hydrogen-bond acceptors (Lipinski definition) is 11. The smallest absolute Gasteiger partial charge is 0.264 e. The third-order valence-electron chi connectivity index (χ3n) is 10.6. The van der Waals surface area contributed by atoms with E-state index in [2.05, 4.69) is 5.32 Å². The fourth-order valence-electron chi connectivity index (χ4n) is 8.13. The van der Waals surface area contributed by atoms with E-state index in [0.29, 0.717) is 16.8 Å². The molecular weight excluding hydrogens is 703 g/mol. The molecule has 3 aromatic rings. The van der Waals surface area contributed by atoms with Crippen LogP contribution in [-0.2, 0) is 42.5 Å². The van der Waals surface area contributed by atoms with Gasteiger partial charge in [0.2, 0.25) is 5.91 Å². The Morgan fingerprint density at radius 1 is 0.925 bits per heavy atom. The molecule has 3 heterocycles. The summed E-state index contributed by atoms with van der Waals surface area (Å²) in [5.74, 6) is -1.99. The van der Waals surface area contributed by atoms with Crippen LogP contribution in [0.15, 0.2) is 78.9 Å². The Bertz CT molecular complexity index is 1810. The molecule has 3 aliphatic heterocycles. The molecule has 0 bridgehead atoms. The Labute approximate surface area is 308 Å². The monoisotopic (exact) mass is 749 g/mol. The summed E-state index contributed by atoms with van der Waals surface area (Å²) in [6.07, 6.45) is -9.81. The van der Waals surface area contributed by atoms with Gasteiger partial charge in [-0.05, 0) is 42.4 Å². The number of ether oxygens (including phenoxy) is 2. The molecule has 2 saturated heterocycles. The first-order valence-electron chi connectivity index (χ1n) is 17.7. The highest BCUT2D eigenvalue weighted by molar-refractivity contribution is 6.71. The minimum atomic E-state index is -3.07. The first-order chi connectivity index (χ1) is 25.2. The SMILES string of the molecule is C[C@H]1[C@H]([Si](C)(C)O)[C@@H](CC(=O)N(CCO)Cc2ccccc2)O[C@]12C(=O)N(Cc1cccc(NC(=O)[C@H]3O[C@@H](O)[C@H](O)[C@@H](O)[C@@H]3O)c1)c1ccccc12. The molecule has 0 aromatic heterocycles. The van der Waals surface area contributed by atoms with E-state index in [9.17, 15) is 44.7 Å². The maximum absolute atomic E-state index is 14.8. The highest BCUT2D eigenvalue weighted by atomic mass is 28.4. The standard InChI is InChI=1S/C38H47N3O11Si/c1-22-34(53(2,3)50)28(19-29(43)40(16-17-42)20-23-10-5-4-6-11-23)52-38(22)26-14-7-8-15-27(26)41(37(38)49)21-24-12-9-13-25(18-24)39-35(47)33-31(45)30(44)32(46)36(48)51-33/h4-15,18,22,28,30-34,36,42,44-46,48,50H,16-17,19-21H2,1-3H3,(H,39,47)/t22-,28+,30-,31-,32+,33-,34-,36+,38+/m0/s1. The number of para-hydroxylation sites is 1. The molecule has 53 heavy (non-hydrogen) atoms. The number of benzene rings is 3. The molecule has 0 unspecified atom stereocenters. The van der Waals surface area contributed by atoms with Crippen molar-refractivity contribution in [2.45, 2.75) is 87.5 Å². The number of carbonyl (C=O) groups excluding carboxylic acids is 3. The quantitative estimate of drug-likeness (QED) is 0.139. The van der Waals surface area contributed by atoms with Crippen LogP contribution in [0.3, 0.4) is 0 Å². The van der Waals surface area contributed by atoms with Gasteiger partial charge in [0.05, 0.1) is 31.4 Å². The lowest BCUT2D eigenvalue weighted by Gasteiger charge is -2.37. The van der Waals surface area contributed by atoms with E-state index in [1.54, 1.807) is 47.2 Å². The van der Waals surface area contributed by atoms with Crippen molar-refractivity contribution < 1.29 is 54.2 Å². The van der Waals surface area contributed by atoms with Gasteiger partial charge in [0.1, 0.15) is 18.3 Å². The van der Waals surface area contributed by atoms with Gasteiger partial charge in [-0.15, -0.1) is 0 Å². The summed E-state index contributed by atoms with van der Waals surface area (Å²) in [5.41, 5.74) is 1.05. The summed E-state index contributed by atoms with van der Waals surface area (Å²) in [4.78, 5) is 56.5. The van der Waals surface area contributed by atoms with Crippen LogP contribution in [0.1, 0.15) is 30.0 Å². The van der Waals surface area contributed by atoms with Crippen molar-refractivity contribution >= 4 is 37.4 Å². The minimum Gasteiger partial charge on any atom is -0.432 e. The average molecular weight is 750 g/mol. The van der Waals surface area contributed by atoms with Crippen LogP contribution in [0, 0.1) is 5.92 Å². The van der Waals surface area contributed by atoms with Gasteiger partial charge in [-0.2, -0.15) is 0 Å². The van der Waals surface area contributed by atoms with Gasteiger partial charge >= 0.3 is 0 Å². The molecule has 1 spiro atoms. The van der Waals surface area contributed by atoms with Crippen LogP contribution in [0.4, 0.5) is 11.4 Å². The molecule has 0 aliphatic carbocycles. The van der Waals surface area contributed by atoms with E-state index in [1.807, 2.05) is 61.5 Å². The third-order valence-corrected chi connectivity index (χ3v) is 13.1. The summed E-state index contributed by atoms with van der Waals surface area (Å²) in [6.45, 7) is 5.70. The summed E-state index contributed by atoms with van der Waals surface area (Å²) in [6, 6.07) is 23.4. The lowest BCUT2D eigenvalue weighted by atomic mass is 9.82. The van der Waals surface area contributed by atoms with Gasteiger partial charge in [0.15, 0.2) is 26.3 Å². The number of fused-ring (bicyclic) bond motifs is 2. The highest BCUT2D eigenvalue weighted by Crippen LogP contribution is 2.59. The molecule has 3 aromatic carbocycles. The topological polar surface area (TPSA) is 210 Å². The van der Waals surface area contributed by atoms with Crippen molar-refractivity contribution in [1.82, 2.24) is 4.90 Å². The van der Waals surface area contributed by atoms with E-state index >= 15 is 0 Å². The van der Waals surface area contributed by atoms with Crippen LogP contribution in [0.25, 0.3) is 0 Å². The molecular formula is C38H47N3O11Si. The molecule has 3 amide bonds. The van der Waals surface area contributed by atoms with Gasteiger partial charge < -0.3 is 54.9 Å². The predicted octanol–water partition coefficient (Wildman–Crippen LogP) is 1.18. The van der Waals surface area contributed by atoms with Crippen molar-refractivity contribution in [2.24, 2.45) is 5.92 Å². The van der Waals surface area contributed by atoms with E-state index < -0.39 is 68.1 Å². The second-order valence-electron chi connectivity index (χ2n) is 14.6. The fraction of sp³-hybridized carbons (Fsp3) is 0.447. The number of amides is 3. The molecule has 284 valence electrons. The first kappa shape index (κ1) is 38.7. The van der Waals surface area contributed by atoms with E-state index in [0.717, 1.165) is 5.56 Å². The lowest BCUT2D eigenvalue weighted by Crippen LogP contribution is -2.60. The summed E-state index contributed by atoms with van der Waals surface area (Å²) < 4.78 is 11.9. The Balaban J connectivity index is 1.25. The third kappa shape index (κ3) is 7.41. The molecule has 3 aliphatic rings. The zero-order chi connectivity index (χ0) is 38.2. The zero-order valence-electron chi connectivity index (χ0n) is 29.8. The Morgan fingerprint density at radius 3 is 2.30 bits per heavy atom. The molecule has 7 N–H and O–H groups in total. The van der Waals surface area contributed by atoms with Crippen LogP contribution >= 0.6 is 0 Å². The number of carbonyl (C=O) groups is 3. The minimum absolute atomic E-state index is 0.0686. The molecule has 2 fully saturated rings. The number of nitrogens with zero attached hydrogens (tertiary/aromatic N) is 2. The van der Waals surface area contributed by atoms with Crippen molar-refractivity contribution in [3.05, 3.63) is 95.6 Å². The van der Waals surface area contributed by atoms with Crippen LogP contribution in [0.5, 0.6) is 0 Å². The molecule has 9 atom stereocenters. The summed E-state index contributed by atoms with van der Waals surface area (Å²) in [7, 11) is -3.07. The molecule has 0 saturated carbocycles. The normalized spacial score (nSPS) is 29.7. The largest absolute Gasteiger partial charge is 0.432 e. The van der Waals surface area contributed by atoms with Crippen molar-refractivity contribution in [2.75, 3.05) is 23.4 Å². The van der Waals surface area contributed by atoms with E-state index in [-0.39, 0.29) is 50.2 Å². The number of anilines is 2. The molecule has 0 radical (unpaired) electrons. The zero-order valence-corrected chi connectivity index (χ0v) is 30.8. The van der Waals surface area contributed by atoms with Gasteiger partial charge in [0.25, 0.3) is 11.8 Å². The highest BCUT2D eigenvalue weighted by Gasteiger charge is 2.66. The number of aliphatic hydroxyl groups is 5. The van der Waals surface area contributed by atoms with E-state index in [4.69, 9.17) is 9.47 Å². The second kappa shape index (κ2) is 15.4. The second-order valence-corrected chi connectivity index (χ2v) is 18.6. The summed E-state index contributed by atoms with van der Waals surface area (Å²) in [5, 5.41) is 52.4. The van der Waals surface area contributed by atoms with Gasteiger partial charge in [-0.25, -0.2) is 0 Å². The van der Waals surface area contributed by atoms with Crippen LogP contribution < -0.4 is 10.2 Å². The molecule has 6 rings (SSSR count). The molecule has 15 heteroatoms. The van der Waals surface area contributed by atoms with Gasteiger partial charge in [-0.3, -0.25) is 14.4 Å². The Morgan fingerprint density at radius 2 is 1.60 bits per heavy atom. The number of rotatable bonds is 11. The lowest BCUT2D eigenvalue weighted by molar-refractivity contribution is -0.274. The van der Waals surface area contributed by atoms with Crippen LogP contribution in [-0.4, -0.2) is 111 Å². The first-order valence-corrected chi connectivity index (χ1v) is 20.7. The number of hydrogen-bond donors (Lipinski definition) is 7. The van der Waals surface area contributed by atoms with Crippen molar-refractivity contribution in [3.63, 3.8) is 0 Å². The maximum Gasteiger partial charge on any atom is 0.264 e. The van der Waals surface area contributed by atoms with Crippen LogP contribution in [0.2, 0.25) is 18.6 Å². The number of nitrogens with one attached hydrogen (secondary N) is 1. The Hall–Kier alpha value is -4.03. The predicted molar refractivity (Wildman–Crippen MR) is 194 cm³/mol. The van der Waals surface area contributed by atoms with E-state index in [1.165, 1.54) is 0 Å². The van der Waals surface area contributed by atoms with Crippen molar-refractivity contribution in [3.8, 4) is 0 Å². The average Bonchev–Trinajstić information content (AvgIpc) is 3.55. The number of aliphatic hydroxyl groups excluding tert-OH is 5. The Kier molecular flexibility index (Phi) is 11.2. The fourth-order valence-corrected chi connectivity index (χ4v) is 10.7. The van der Waals surface area contributed by atoms with Gasteiger partial charge in [-0.1, -0.05) is 67.6 Å². The maximum atomic E-state index is 14.8. The molecule has 14 nitrogen and oxygen atoms in total.